The summed E-state index contributed by atoms with van der Waals surface area (Å²) >= 11 is 0. The molecule has 3 aromatic heterocycles. The van der Waals surface area contributed by atoms with E-state index in [9.17, 15) is 4.79 Å². The van der Waals surface area contributed by atoms with Gasteiger partial charge in [0.1, 0.15) is 29.3 Å². The van der Waals surface area contributed by atoms with Crippen LogP contribution in [0.25, 0.3) is 22.7 Å². The molecule has 27 heavy (non-hydrogen) atoms. The molecule has 0 aliphatic rings. The number of oxazole rings is 1. The second-order valence-corrected chi connectivity index (χ2v) is 5.81. The van der Waals surface area contributed by atoms with Gasteiger partial charge in [-0.1, -0.05) is 0 Å². The number of pyridine rings is 1. The largest absolute Gasteiger partial charge is 0.495 e. The molecule has 0 aliphatic heterocycles. The van der Waals surface area contributed by atoms with Crippen molar-refractivity contribution >= 4 is 11.1 Å². The van der Waals surface area contributed by atoms with Gasteiger partial charge in [-0.05, 0) is 30.3 Å². The Morgan fingerprint density at radius 2 is 1.96 bits per heavy atom. The zero-order valence-electron chi connectivity index (χ0n) is 14.7. The fourth-order valence-corrected chi connectivity index (χ4v) is 2.50. The lowest BCUT2D eigenvalue weighted by Crippen LogP contribution is -2.18. The molecule has 8 nitrogen and oxygen atoms in total. The summed E-state index contributed by atoms with van der Waals surface area (Å²) in [4.78, 5) is 20.2. The molecular weight excluding hydrogens is 348 g/mol. The lowest BCUT2D eigenvalue weighted by atomic mass is 10.3. The SMILES string of the molecule is COc1ccc(COc2ccc3oc(-c4ccc(=O)n(C)n4)nc3c2)nc1. The van der Waals surface area contributed by atoms with Crippen molar-refractivity contribution in [2.75, 3.05) is 7.11 Å². The van der Waals surface area contributed by atoms with Crippen molar-refractivity contribution in [2.45, 2.75) is 6.61 Å². The van der Waals surface area contributed by atoms with Gasteiger partial charge in [-0.15, -0.1) is 0 Å². The summed E-state index contributed by atoms with van der Waals surface area (Å²) in [7, 11) is 3.17. The standard InChI is InChI=1S/C19H16N4O4/c1-23-18(24)8-6-15(22-23)19-21-16-9-13(5-7-17(16)27-19)26-11-12-3-4-14(25-2)10-20-12/h3-10H,11H2,1-2H3. The third-order valence-corrected chi connectivity index (χ3v) is 3.96. The minimum absolute atomic E-state index is 0.197. The third kappa shape index (κ3) is 3.50. The van der Waals surface area contributed by atoms with Crippen LogP contribution < -0.4 is 15.0 Å². The van der Waals surface area contributed by atoms with Crippen molar-refractivity contribution in [1.82, 2.24) is 19.7 Å². The highest BCUT2D eigenvalue weighted by molar-refractivity contribution is 5.77. The van der Waals surface area contributed by atoms with E-state index in [2.05, 4.69) is 15.1 Å². The third-order valence-electron chi connectivity index (χ3n) is 3.96. The van der Waals surface area contributed by atoms with E-state index in [1.807, 2.05) is 12.1 Å². The molecule has 0 unspecified atom stereocenters. The lowest BCUT2D eigenvalue weighted by Gasteiger charge is -2.06. The minimum atomic E-state index is -0.197. The Morgan fingerprint density at radius 1 is 1.11 bits per heavy atom. The van der Waals surface area contributed by atoms with E-state index in [0.717, 1.165) is 5.69 Å². The highest BCUT2D eigenvalue weighted by atomic mass is 16.5. The molecule has 0 fully saturated rings. The van der Waals surface area contributed by atoms with Gasteiger partial charge >= 0.3 is 0 Å². The summed E-state index contributed by atoms with van der Waals surface area (Å²) in [6.45, 7) is 0.322. The summed E-state index contributed by atoms with van der Waals surface area (Å²) in [5.74, 6) is 1.69. The van der Waals surface area contributed by atoms with Gasteiger partial charge in [-0.3, -0.25) is 9.78 Å². The Kier molecular flexibility index (Phi) is 4.29. The molecule has 0 atom stereocenters. The molecular formula is C19H16N4O4. The van der Waals surface area contributed by atoms with Gasteiger partial charge in [0.25, 0.3) is 5.56 Å². The summed E-state index contributed by atoms with van der Waals surface area (Å²) < 4.78 is 17.8. The monoisotopic (exact) mass is 364 g/mol. The number of aryl methyl sites for hydroxylation is 1. The molecule has 4 aromatic rings. The quantitative estimate of drug-likeness (QED) is 0.537. The maximum atomic E-state index is 11.5. The number of hydrogen-bond donors (Lipinski definition) is 0. The van der Waals surface area contributed by atoms with Crippen LogP contribution in [0, 0.1) is 0 Å². The molecule has 1 aromatic carbocycles. The van der Waals surface area contributed by atoms with E-state index in [4.69, 9.17) is 13.9 Å². The normalized spacial score (nSPS) is 10.9. The van der Waals surface area contributed by atoms with Crippen molar-refractivity contribution in [3.63, 3.8) is 0 Å². The fraction of sp³-hybridized carbons (Fsp3) is 0.158. The lowest BCUT2D eigenvalue weighted by molar-refractivity contribution is 0.301. The first-order valence-corrected chi connectivity index (χ1v) is 8.19. The van der Waals surface area contributed by atoms with Crippen LogP contribution in [0.2, 0.25) is 0 Å². The smallest absolute Gasteiger partial charge is 0.266 e. The van der Waals surface area contributed by atoms with E-state index in [0.29, 0.717) is 40.8 Å². The van der Waals surface area contributed by atoms with Crippen LogP contribution in [0.3, 0.4) is 0 Å². The Balaban J connectivity index is 1.54. The average Bonchev–Trinajstić information content (AvgIpc) is 3.12. The number of ether oxygens (including phenoxy) is 2. The zero-order valence-corrected chi connectivity index (χ0v) is 14.7. The number of aromatic nitrogens is 4. The fourth-order valence-electron chi connectivity index (χ4n) is 2.50. The molecule has 3 heterocycles. The molecule has 0 radical (unpaired) electrons. The van der Waals surface area contributed by atoms with Crippen LogP contribution in [-0.2, 0) is 13.7 Å². The first-order valence-electron chi connectivity index (χ1n) is 8.19. The summed E-state index contributed by atoms with van der Waals surface area (Å²) in [6.07, 6.45) is 1.64. The summed E-state index contributed by atoms with van der Waals surface area (Å²) in [5.41, 5.74) is 2.32. The van der Waals surface area contributed by atoms with E-state index in [1.165, 1.54) is 10.7 Å². The number of hydrogen-bond acceptors (Lipinski definition) is 7. The first-order chi connectivity index (χ1) is 13.1. The van der Waals surface area contributed by atoms with Gasteiger partial charge in [0.05, 0.1) is 19.0 Å². The molecule has 0 aliphatic carbocycles. The molecule has 0 amide bonds. The van der Waals surface area contributed by atoms with E-state index < -0.39 is 0 Å². The van der Waals surface area contributed by atoms with Crippen LogP contribution in [0.5, 0.6) is 11.5 Å². The predicted octanol–water partition coefficient (Wildman–Crippen LogP) is 2.57. The van der Waals surface area contributed by atoms with Crippen molar-refractivity contribution in [3.05, 3.63) is 64.7 Å². The molecule has 0 saturated heterocycles. The van der Waals surface area contributed by atoms with Crippen molar-refractivity contribution < 1.29 is 13.9 Å². The van der Waals surface area contributed by atoms with E-state index in [-0.39, 0.29) is 5.56 Å². The molecule has 0 spiro atoms. The highest BCUT2D eigenvalue weighted by Crippen LogP contribution is 2.26. The number of nitrogens with zero attached hydrogens (tertiary/aromatic N) is 4. The van der Waals surface area contributed by atoms with Crippen LogP contribution in [0.4, 0.5) is 0 Å². The topological polar surface area (TPSA) is 92.3 Å². The van der Waals surface area contributed by atoms with Crippen molar-refractivity contribution in [2.24, 2.45) is 7.05 Å². The number of methoxy groups -OCH3 is 1. The summed E-state index contributed by atoms with van der Waals surface area (Å²) in [5, 5.41) is 4.15. The Labute approximate surface area is 154 Å². The number of benzene rings is 1. The highest BCUT2D eigenvalue weighted by Gasteiger charge is 2.11. The van der Waals surface area contributed by atoms with Crippen LogP contribution in [-0.4, -0.2) is 26.9 Å². The Hall–Kier alpha value is -3.68. The van der Waals surface area contributed by atoms with Gasteiger partial charge in [0, 0.05) is 19.2 Å². The number of fused-ring (bicyclic) bond motifs is 1. The maximum absolute atomic E-state index is 11.5. The molecule has 8 heteroatoms. The van der Waals surface area contributed by atoms with Gasteiger partial charge in [0.15, 0.2) is 5.58 Å². The van der Waals surface area contributed by atoms with Gasteiger partial charge in [-0.25, -0.2) is 9.67 Å². The molecule has 0 saturated carbocycles. The van der Waals surface area contributed by atoms with Crippen molar-refractivity contribution in [1.29, 1.82) is 0 Å². The van der Waals surface area contributed by atoms with Crippen LogP contribution in [0.1, 0.15) is 5.69 Å². The van der Waals surface area contributed by atoms with Gasteiger partial charge in [-0.2, -0.15) is 5.10 Å². The Morgan fingerprint density at radius 3 is 2.70 bits per heavy atom. The van der Waals surface area contributed by atoms with Gasteiger partial charge < -0.3 is 13.9 Å². The average molecular weight is 364 g/mol. The predicted molar refractivity (Wildman–Crippen MR) is 97.6 cm³/mol. The summed E-state index contributed by atoms with van der Waals surface area (Å²) in [6, 6.07) is 12.1. The minimum Gasteiger partial charge on any atom is -0.495 e. The number of rotatable bonds is 5. The van der Waals surface area contributed by atoms with E-state index in [1.54, 1.807) is 44.6 Å². The second kappa shape index (κ2) is 6.91. The molecule has 136 valence electrons. The van der Waals surface area contributed by atoms with Gasteiger partial charge in [0.2, 0.25) is 5.89 Å². The second-order valence-electron chi connectivity index (χ2n) is 5.81. The van der Waals surface area contributed by atoms with E-state index >= 15 is 0 Å². The maximum Gasteiger partial charge on any atom is 0.266 e. The molecule has 0 N–H and O–H groups in total. The zero-order chi connectivity index (χ0) is 18.8. The first kappa shape index (κ1) is 16.8. The Bertz CT molecular complexity index is 1150. The van der Waals surface area contributed by atoms with Crippen molar-refractivity contribution in [3.8, 4) is 23.1 Å². The van der Waals surface area contributed by atoms with Crippen LogP contribution in [0.15, 0.2) is 57.9 Å². The molecule has 4 rings (SSSR count). The molecule has 0 bridgehead atoms. The van der Waals surface area contributed by atoms with Crippen LogP contribution >= 0.6 is 0 Å².